The van der Waals surface area contributed by atoms with E-state index in [1.807, 2.05) is 0 Å². The van der Waals surface area contributed by atoms with Gasteiger partial charge in [-0.05, 0) is 6.07 Å². The fourth-order valence-corrected chi connectivity index (χ4v) is 1.11. The van der Waals surface area contributed by atoms with Crippen molar-refractivity contribution in [3.63, 3.8) is 0 Å². The first-order valence-corrected chi connectivity index (χ1v) is 4.74. The maximum absolute atomic E-state index is 11.8. The van der Waals surface area contributed by atoms with Gasteiger partial charge >= 0.3 is 6.18 Å². The molecular weight excluding hydrogens is 239 g/mol. The number of halogens is 3. The summed E-state index contributed by atoms with van der Waals surface area (Å²) in [5.41, 5.74) is 0.339. The van der Waals surface area contributed by atoms with Gasteiger partial charge in [-0.1, -0.05) is 0 Å². The van der Waals surface area contributed by atoms with Gasteiger partial charge in [0.1, 0.15) is 18.5 Å². The molecule has 7 heteroatoms. The van der Waals surface area contributed by atoms with E-state index in [-0.39, 0.29) is 0 Å². The average Bonchev–Trinajstić information content (AvgIpc) is 2.27. The molecule has 0 aliphatic carbocycles. The third kappa shape index (κ3) is 5.01. The van der Waals surface area contributed by atoms with Crippen LogP contribution in [0.25, 0.3) is 0 Å². The van der Waals surface area contributed by atoms with E-state index in [1.165, 1.54) is 25.6 Å². The Balaban J connectivity index is 2.49. The van der Waals surface area contributed by atoms with Crippen molar-refractivity contribution in [3.8, 4) is 5.75 Å². The van der Waals surface area contributed by atoms with E-state index < -0.39 is 25.5 Å². The van der Waals surface area contributed by atoms with E-state index in [4.69, 9.17) is 4.74 Å². The lowest BCUT2D eigenvalue weighted by Gasteiger charge is -2.13. The molecule has 0 radical (unpaired) electrons. The number of nitrogens with zero attached hydrogens (tertiary/aromatic N) is 1. The van der Waals surface area contributed by atoms with Gasteiger partial charge in [0.05, 0.1) is 19.9 Å². The number of rotatable bonds is 5. The maximum atomic E-state index is 11.8. The van der Waals surface area contributed by atoms with Gasteiger partial charge < -0.3 is 14.6 Å². The Morgan fingerprint density at radius 2 is 2.12 bits per heavy atom. The molecule has 0 spiro atoms. The molecule has 0 aromatic carbocycles. The highest BCUT2D eigenvalue weighted by Gasteiger charge is 2.27. The van der Waals surface area contributed by atoms with Crippen molar-refractivity contribution in [1.82, 2.24) is 4.98 Å². The number of hydrogen-bond donors (Lipinski definition) is 1. The molecular formula is C10H12F3NO3. The van der Waals surface area contributed by atoms with E-state index in [9.17, 15) is 18.3 Å². The Kier molecular flexibility index (Phi) is 4.71. The third-order valence-electron chi connectivity index (χ3n) is 1.90. The number of aromatic nitrogens is 1. The van der Waals surface area contributed by atoms with Gasteiger partial charge in [0.2, 0.25) is 0 Å². The van der Waals surface area contributed by atoms with Crippen molar-refractivity contribution in [2.45, 2.75) is 12.3 Å². The number of methoxy groups -OCH3 is 1. The Morgan fingerprint density at radius 3 is 2.71 bits per heavy atom. The first-order chi connectivity index (χ1) is 7.92. The fourth-order valence-electron chi connectivity index (χ4n) is 1.11. The smallest absolute Gasteiger partial charge is 0.411 e. The molecule has 1 rings (SSSR count). The van der Waals surface area contributed by atoms with Crippen molar-refractivity contribution in [1.29, 1.82) is 0 Å². The molecule has 1 N–H and O–H groups in total. The molecule has 1 heterocycles. The van der Waals surface area contributed by atoms with E-state index in [2.05, 4.69) is 9.72 Å². The second-order valence-electron chi connectivity index (χ2n) is 3.30. The van der Waals surface area contributed by atoms with Crippen LogP contribution >= 0.6 is 0 Å². The predicted molar refractivity (Wildman–Crippen MR) is 52.6 cm³/mol. The molecule has 1 aromatic rings. The molecule has 1 unspecified atom stereocenters. The molecule has 0 bridgehead atoms. The second-order valence-corrected chi connectivity index (χ2v) is 3.30. The summed E-state index contributed by atoms with van der Waals surface area (Å²) in [7, 11) is 1.42. The summed E-state index contributed by atoms with van der Waals surface area (Å²) in [5.74, 6) is 0.414. The molecule has 1 atom stereocenters. The zero-order valence-corrected chi connectivity index (χ0v) is 9.07. The molecule has 1 aromatic heterocycles. The Bertz CT molecular complexity index is 357. The summed E-state index contributed by atoms with van der Waals surface area (Å²) in [6, 6.07) is 1.48. The number of pyridine rings is 1. The topological polar surface area (TPSA) is 51.6 Å². The number of aliphatic hydroxyl groups excluding tert-OH is 1. The minimum absolute atomic E-state index is 0.339. The first-order valence-electron chi connectivity index (χ1n) is 4.74. The highest BCUT2D eigenvalue weighted by molar-refractivity contribution is 5.24. The standard InChI is InChI=1S/C10H12F3NO3/c1-16-8-2-7(3-14-4-8)9(15)5-17-6-10(11,12)13/h2-4,9,15H,5-6H2,1H3. The van der Waals surface area contributed by atoms with Gasteiger partial charge in [-0.25, -0.2) is 0 Å². The molecule has 0 saturated carbocycles. The van der Waals surface area contributed by atoms with E-state index in [1.54, 1.807) is 0 Å². The SMILES string of the molecule is COc1cncc(C(O)COCC(F)(F)F)c1. The van der Waals surface area contributed by atoms with E-state index in [0.717, 1.165) is 0 Å². The van der Waals surface area contributed by atoms with Gasteiger partial charge in [0, 0.05) is 11.8 Å². The summed E-state index contributed by atoms with van der Waals surface area (Å²) in [6.45, 7) is -1.84. The molecule has 0 aliphatic rings. The normalized spacial score (nSPS) is 13.5. The fraction of sp³-hybridized carbons (Fsp3) is 0.500. The maximum Gasteiger partial charge on any atom is 0.411 e. The summed E-state index contributed by atoms with van der Waals surface area (Å²) < 4.78 is 44.6. The van der Waals surface area contributed by atoms with E-state index in [0.29, 0.717) is 11.3 Å². The number of ether oxygens (including phenoxy) is 2. The number of aliphatic hydroxyl groups is 1. The van der Waals surface area contributed by atoms with Crippen LogP contribution in [0, 0.1) is 0 Å². The van der Waals surface area contributed by atoms with Gasteiger partial charge in [-0.3, -0.25) is 4.98 Å². The van der Waals surface area contributed by atoms with Crippen molar-refractivity contribution >= 4 is 0 Å². The monoisotopic (exact) mass is 251 g/mol. The third-order valence-corrected chi connectivity index (χ3v) is 1.90. The van der Waals surface area contributed by atoms with Crippen LogP contribution in [0.2, 0.25) is 0 Å². The predicted octanol–water partition coefficient (Wildman–Crippen LogP) is 1.70. The number of hydrogen-bond acceptors (Lipinski definition) is 4. The Hall–Kier alpha value is -1.34. The summed E-state index contributed by atoms with van der Waals surface area (Å²) in [5, 5.41) is 9.55. The van der Waals surface area contributed by atoms with Crippen molar-refractivity contribution < 1.29 is 27.8 Å². The lowest BCUT2D eigenvalue weighted by atomic mass is 10.2. The molecule has 4 nitrogen and oxygen atoms in total. The van der Waals surface area contributed by atoms with Crippen LogP contribution < -0.4 is 4.74 Å². The van der Waals surface area contributed by atoms with Crippen LogP contribution in [0.1, 0.15) is 11.7 Å². The summed E-state index contributed by atoms with van der Waals surface area (Å²) >= 11 is 0. The highest BCUT2D eigenvalue weighted by Crippen LogP contribution is 2.19. The summed E-state index contributed by atoms with van der Waals surface area (Å²) in [6.07, 6.45) is -2.80. The van der Waals surface area contributed by atoms with Gasteiger partial charge in [-0.2, -0.15) is 13.2 Å². The van der Waals surface area contributed by atoms with Crippen LogP contribution in [0.15, 0.2) is 18.5 Å². The molecule has 17 heavy (non-hydrogen) atoms. The van der Waals surface area contributed by atoms with Gasteiger partial charge in [0.15, 0.2) is 0 Å². The minimum Gasteiger partial charge on any atom is -0.495 e. The lowest BCUT2D eigenvalue weighted by Crippen LogP contribution is -2.19. The average molecular weight is 251 g/mol. The Labute approximate surface area is 96.0 Å². The summed E-state index contributed by atoms with van der Waals surface area (Å²) in [4.78, 5) is 3.77. The minimum atomic E-state index is -4.40. The van der Waals surface area contributed by atoms with Crippen LogP contribution in [0.3, 0.4) is 0 Å². The quantitative estimate of drug-likeness (QED) is 0.865. The van der Waals surface area contributed by atoms with Crippen molar-refractivity contribution in [2.75, 3.05) is 20.3 Å². The molecule has 0 amide bonds. The van der Waals surface area contributed by atoms with Gasteiger partial charge in [0.25, 0.3) is 0 Å². The van der Waals surface area contributed by atoms with Crippen molar-refractivity contribution in [3.05, 3.63) is 24.0 Å². The van der Waals surface area contributed by atoms with Crippen LogP contribution in [-0.4, -0.2) is 36.6 Å². The largest absolute Gasteiger partial charge is 0.495 e. The number of alkyl halides is 3. The molecule has 0 saturated heterocycles. The molecule has 0 aliphatic heterocycles. The first kappa shape index (κ1) is 13.7. The second kappa shape index (κ2) is 5.83. The Morgan fingerprint density at radius 1 is 1.41 bits per heavy atom. The zero-order valence-electron chi connectivity index (χ0n) is 9.07. The highest BCUT2D eigenvalue weighted by atomic mass is 19.4. The lowest BCUT2D eigenvalue weighted by molar-refractivity contribution is -0.179. The molecule has 96 valence electrons. The molecule has 0 fully saturated rings. The van der Waals surface area contributed by atoms with Crippen molar-refractivity contribution in [2.24, 2.45) is 0 Å². The van der Waals surface area contributed by atoms with Crippen LogP contribution in [-0.2, 0) is 4.74 Å². The van der Waals surface area contributed by atoms with E-state index >= 15 is 0 Å². The zero-order chi connectivity index (χ0) is 12.9. The van der Waals surface area contributed by atoms with Crippen LogP contribution in [0.4, 0.5) is 13.2 Å². The van der Waals surface area contributed by atoms with Gasteiger partial charge in [-0.15, -0.1) is 0 Å². The van der Waals surface area contributed by atoms with Crippen LogP contribution in [0.5, 0.6) is 5.75 Å².